The quantitative estimate of drug-likeness (QED) is 0.485. The number of carbonyl (C=O) groups is 1. The van der Waals surface area contributed by atoms with Gasteiger partial charge in [-0.3, -0.25) is 4.79 Å². The average Bonchev–Trinajstić information content (AvgIpc) is 3.25. The van der Waals surface area contributed by atoms with Crippen LogP contribution in [-0.2, 0) is 24.2 Å². The molecular formula is C26H34F2N2O2. The van der Waals surface area contributed by atoms with Crippen LogP contribution < -0.4 is 10.6 Å². The SMILES string of the molecule is CCc1cccc(CNC[C@@H](O)[C@H](Cc2cc(F)cc(F)c2)NC(=O)CC2CCCC2)c1. The molecule has 2 aromatic rings. The average molecular weight is 445 g/mol. The molecule has 2 aromatic carbocycles. The third-order valence-corrected chi connectivity index (χ3v) is 6.22. The predicted molar refractivity (Wildman–Crippen MR) is 122 cm³/mol. The molecule has 1 aliphatic rings. The Morgan fingerprint density at radius 3 is 2.44 bits per heavy atom. The fourth-order valence-corrected chi connectivity index (χ4v) is 4.47. The Labute approximate surface area is 189 Å². The van der Waals surface area contributed by atoms with Gasteiger partial charge in [0.15, 0.2) is 0 Å². The molecule has 0 spiro atoms. The maximum absolute atomic E-state index is 13.7. The van der Waals surface area contributed by atoms with Gasteiger partial charge in [0.1, 0.15) is 11.6 Å². The molecule has 0 aromatic heterocycles. The Hall–Kier alpha value is -2.31. The molecule has 0 radical (unpaired) electrons. The monoisotopic (exact) mass is 444 g/mol. The number of hydrogen-bond donors (Lipinski definition) is 3. The standard InChI is InChI=1S/C26H34F2N2O2/c1-2-18-8-5-9-20(10-18)16-29-17-25(31)24(13-21-11-22(27)15-23(28)12-21)30-26(32)14-19-6-3-4-7-19/h5,8-12,15,19,24-25,29,31H,2-4,6-7,13-14,16-17H2,1H3,(H,30,32)/t24-,25+/m0/s1. The lowest BCUT2D eigenvalue weighted by Crippen LogP contribution is -2.49. The lowest BCUT2D eigenvalue weighted by Gasteiger charge is -2.25. The molecule has 1 fully saturated rings. The fraction of sp³-hybridized carbons (Fsp3) is 0.500. The van der Waals surface area contributed by atoms with Crippen molar-refractivity contribution in [2.45, 2.75) is 70.6 Å². The minimum absolute atomic E-state index is 0.117. The first kappa shape index (κ1) is 24.3. The van der Waals surface area contributed by atoms with E-state index < -0.39 is 23.8 Å². The Balaban J connectivity index is 1.61. The first-order valence-corrected chi connectivity index (χ1v) is 11.6. The van der Waals surface area contributed by atoms with E-state index in [0.29, 0.717) is 24.4 Å². The van der Waals surface area contributed by atoms with Gasteiger partial charge in [-0.1, -0.05) is 44.0 Å². The maximum atomic E-state index is 13.7. The highest BCUT2D eigenvalue weighted by Crippen LogP contribution is 2.27. The van der Waals surface area contributed by atoms with Crippen LogP contribution in [-0.4, -0.2) is 29.7 Å². The van der Waals surface area contributed by atoms with E-state index in [9.17, 15) is 18.7 Å². The summed E-state index contributed by atoms with van der Waals surface area (Å²) in [4.78, 5) is 12.6. The van der Waals surface area contributed by atoms with Crippen LogP contribution in [0.5, 0.6) is 0 Å². The van der Waals surface area contributed by atoms with Gasteiger partial charge in [0.25, 0.3) is 0 Å². The summed E-state index contributed by atoms with van der Waals surface area (Å²) in [7, 11) is 0. The second-order valence-corrected chi connectivity index (χ2v) is 8.88. The van der Waals surface area contributed by atoms with Gasteiger partial charge < -0.3 is 15.7 Å². The van der Waals surface area contributed by atoms with Crippen molar-refractivity contribution in [2.24, 2.45) is 5.92 Å². The Morgan fingerprint density at radius 2 is 1.75 bits per heavy atom. The molecule has 3 rings (SSSR count). The van der Waals surface area contributed by atoms with E-state index in [2.05, 4.69) is 29.7 Å². The van der Waals surface area contributed by atoms with Crippen LogP contribution in [0.15, 0.2) is 42.5 Å². The van der Waals surface area contributed by atoms with E-state index in [1.54, 1.807) is 0 Å². The Morgan fingerprint density at radius 1 is 1.06 bits per heavy atom. The van der Waals surface area contributed by atoms with E-state index in [-0.39, 0.29) is 18.9 Å². The van der Waals surface area contributed by atoms with Crippen molar-refractivity contribution in [3.63, 3.8) is 0 Å². The molecule has 0 saturated heterocycles. The van der Waals surface area contributed by atoms with Gasteiger partial charge in [0, 0.05) is 25.6 Å². The number of rotatable bonds is 11. The zero-order valence-electron chi connectivity index (χ0n) is 18.7. The van der Waals surface area contributed by atoms with Crippen LogP contribution in [0.4, 0.5) is 8.78 Å². The molecule has 32 heavy (non-hydrogen) atoms. The predicted octanol–water partition coefficient (Wildman–Crippen LogP) is 4.29. The highest BCUT2D eigenvalue weighted by molar-refractivity contribution is 5.76. The number of amides is 1. The van der Waals surface area contributed by atoms with Gasteiger partial charge in [-0.05, 0) is 60.4 Å². The number of aliphatic hydroxyl groups excluding tert-OH is 1. The van der Waals surface area contributed by atoms with Gasteiger partial charge in [0.2, 0.25) is 5.91 Å². The number of aliphatic hydroxyl groups is 1. The van der Waals surface area contributed by atoms with Gasteiger partial charge in [-0.15, -0.1) is 0 Å². The third kappa shape index (κ3) is 7.68. The molecular weight excluding hydrogens is 410 g/mol. The topological polar surface area (TPSA) is 61.4 Å². The number of nitrogens with one attached hydrogen (secondary N) is 2. The third-order valence-electron chi connectivity index (χ3n) is 6.22. The van der Waals surface area contributed by atoms with Gasteiger partial charge in [-0.25, -0.2) is 8.78 Å². The molecule has 0 bridgehead atoms. The van der Waals surface area contributed by atoms with Crippen molar-refractivity contribution in [1.82, 2.24) is 10.6 Å². The number of aryl methyl sites for hydroxylation is 1. The van der Waals surface area contributed by atoms with Crippen LogP contribution in [0.1, 0.15) is 55.7 Å². The molecule has 4 nitrogen and oxygen atoms in total. The minimum Gasteiger partial charge on any atom is -0.390 e. The van der Waals surface area contributed by atoms with Crippen molar-refractivity contribution >= 4 is 5.91 Å². The molecule has 0 heterocycles. The number of hydrogen-bond acceptors (Lipinski definition) is 3. The lowest BCUT2D eigenvalue weighted by atomic mass is 9.99. The molecule has 0 aliphatic heterocycles. The normalized spacial score (nSPS) is 16.1. The summed E-state index contributed by atoms with van der Waals surface area (Å²) in [5.74, 6) is -1.07. The van der Waals surface area contributed by atoms with Crippen molar-refractivity contribution in [2.75, 3.05) is 6.54 Å². The van der Waals surface area contributed by atoms with E-state index in [4.69, 9.17) is 0 Å². The summed E-state index contributed by atoms with van der Waals surface area (Å²) in [6.07, 6.45) is 5.03. The summed E-state index contributed by atoms with van der Waals surface area (Å²) < 4.78 is 27.3. The molecule has 1 amide bonds. The van der Waals surface area contributed by atoms with Crippen LogP contribution in [0.2, 0.25) is 0 Å². The summed E-state index contributed by atoms with van der Waals surface area (Å²) in [6.45, 7) is 2.94. The second kappa shape index (κ2) is 12.1. The zero-order chi connectivity index (χ0) is 22.9. The number of benzene rings is 2. The van der Waals surface area contributed by atoms with E-state index >= 15 is 0 Å². The Bertz CT molecular complexity index is 864. The van der Waals surface area contributed by atoms with Crippen LogP contribution in [0.25, 0.3) is 0 Å². The molecule has 1 saturated carbocycles. The fourth-order valence-electron chi connectivity index (χ4n) is 4.47. The second-order valence-electron chi connectivity index (χ2n) is 8.88. The lowest BCUT2D eigenvalue weighted by molar-refractivity contribution is -0.123. The first-order valence-electron chi connectivity index (χ1n) is 11.6. The highest BCUT2D eigenvalue weighted by atomic mass is 19.1. The van der Waals surface area contributed by atoms with Gasteiger partial charge >= 0.3 is 0 Å². The maximum Gasteiger partial charge on any atom is 0.220 e. The van der Waals surface area contributed by atoms with Crippen molar-refractivity contribution in [3.05, 3.63) is 70.8 Å². The smallest absolute Gasteiger partial charge is 0.220 e. The molecule has 6 heteroatoms. The number of carbonyl (C=O) groups excluding carboxylic acids is 1. The molecule has 174 valence electrons. The zero-order valence-corrected chi connectivity index (χ0v) is 18.7. The van der Waals surface area contributed by atoms with Crippen molar-refractivity contribution in [1.29, 1.82) is 0 Å². The Kier molecular flexibility index (Phi) is 9.18. The summed E-state index contributed by atoms with van der Waals surface area (Å²) >= 11 is 0. The largest absolute Gasteiger partial charge is 0.390 e. The minimum atomic E-state index is -0.900. The van der Waals surface area contributed by atoms with Crippen molar-refractivity contribution in [3.8, 4) is 0 Å². The molecule has 1 aliphatic carbocycles. The van der Waals surface area contributed by atoms with Gasteiger partial charge in [0.05, 0.1) is 12.1 Å². The molecule has 3 N–H and O–H groups in total. The van der Waals surface area contributed by atoms with E-state index in [1.807, 2.05) is 12.1 Å². The first-order chi connectivity index (χ1) is 15.4. The molecule has 2 atom stereocenters. The number of halogens is 2. The highest BCUT2D eigenvalue weighted by Gasteiger charge is 2.25. The van der Waals surface area contributed by atoms with Gasteiger partial charge in [-0.2, -0.15) is 0 Å². The van der Waals surface area contributed by atoms with Crippen molar-refractivity contribution < 1.29 is 18.7 Å². The van der Waals surface area contributed by atoms with E-state index in [1.165, 1.54) is 17.7 Å². The molecule has 0 unspecified atom stereocenters. The van der Waals surface area contributed by atoms with Crippen LogP contribution in [0.3, 0.4) is 0 Å². The summed E-state index contributed by atoms with van der Waals surface area (Å²) in [5, 5.41) is 17.0. The van der Waals surface area contributed by atoms with Crippen LogP contribution in [0, 0.1) is 17.6 Å². The van der Waals surface area contributed by atoms with E-state index in [0.717, 1.165) is 43.7 Å². The summed E-state index contributed by atoms with van der Waals surface area (Å²) in [5.41, 5.74) is 2.77. The van der Waals surface area contributed by atoms with Crippen LogP contribution >= 0.6 is 0 Å². The summed E-state index contributed by atoms with van der Waals surface area (Å²) in [6, 6.07) is 10.9.